The van der Waals surface area contributed by atoms with Gasteiger partial charge in [-0.2, -0.15) is 0 Å². The molecular formula is C19H18N4O2S. The molecule has 3 aromatic rings. The van der Waals surface area contributed by atoms with E-state index in [9.17, 15) is 9.90 Å². The molecule has 1 fully saturated rings. The van der Waals surface area contributed by atoms with Gasteiger partial charge in [-0.3, -0.25) is 4.79 Å². The fraction of sp³-hybridized carbons (Fsp3) is 0.211. The van der Waals surface area contributed by atoms with Crippen LogP contribution in [0.4, 0.5) is 5.69 Å². The molecule has 1 aliphatic carbocycles. The van der Waals surface area contributed by atoms with Crippen LogP contribution >= 0.6 is 11.8 Å². The van der Waals surface area contributed by atoms with Crippen LogP contribution in [-0.4, -0.2) is 31.5 Å². The van der Waals surface area contributed by atoms with E-state index in [0.717, 1.165) is 24.4 Å². The standard InChI is InChI=1S/C19H18N4O2S/c24-16-10-8-14(9-11-16)20-17(25)12-26-19-21-18(13-6-7-13)23(22-19)15-4-2-1-3-5-15/h1-5,8-11,13,24H,6-7,12H2,(H,20,25). The maximum Gasteiger partial charge on any atom is 0.234 e. The Morgan fingerprint density at radius 1 is 1.15 bits per heavy atom. The third-order valence-corrected chi connectivity index (χ3v) is 4.88. The highest BCUT2D eigenvalue weighted by Crippen LogP contribution is 2.40. The first-order valence-electron chi connectivity index (χ1n) is 8.43. The summed E-state index contributed by atoms with van der Waals surface area (Å²) in [6.45, 7) is 0. The Balaban J connectivity index is 1.43. The number of para-hydroxylation sites is 1. The van der Waals surface area contributed by atoms with Crippen LogP contribution in [0.3, 0.4) is 0 Å². The molecule has 1 heterocycles. The molecule has 0 unspecified atom stereocenters. The largest absolute Gasteiger partial charge is 0.508 e. The lowest BCUT2D eigenvalue weighted by Crippen LogP contribution is -2.14. The number of benzene rings is 2. The van der Waals surface area contributed by atoms with E-state index >= 15 is 0 Å². The predicted octanol–water partition coefficient (Wildman–Crippen LogP) is 3.58. The van der Waals surface area contributed by atoms with Crippen molar-refractivity contribution < 1.29 is 9.90 Å². The number of rotatable bonds is 6. The Kier molecular flexibility index (Phi) is 4.62. The molecule has 0 saturated heterocycles. The van der Waals surface area contributed by atoms with E-state index in [2.05, 4.69) is 15.4 Å². The molecule has 0 bridgehead atoms. The number of hydrogen-bond donors (Lipinski definition) is 2. The average molecular weight is 366 g/mol. The molecule has 7 heteroatoms. The van der Waals surface area contributed by atoms with Crippen molar-refractivity contribution in [2.75, 3.05) is 11.1 Å². The summed E-state index contributed by atoms with van der Waals surface area (Å²) in [7, 11) is 0. The predicted molar refractivity (Wildman–Crippen MR) is 101 cm³/mol. The molecule has 2 aromatic carbocycles. The lowest BCUT2D eigenvalue weighted by atomic mass is 10.3. The van der Waals surface area contributed by atoms with Gasteiger partial charge in [-0.1, -0.05) is 30.0 Å². The molecule has 26 heavy (non-hydrogen) atoms. The number of phenols is 1. The topological polar surface area (TPSA) is 80.0 Å². The second-order valence-electron chi connectivity index (χ2n) is 6.16. The van der Waals surface area contributed by atoms with Gasteiger partial charge in [0, 0.05) is 11.6 Å². The molecular weight excluding hydrogens is 348 g/mol. The molecule has 0 aliphatic heterocycles. The lowest BCUT2D eigenvalue weighted by Gasteiger charge is -2.04. The first-order valence-corrected chi connectivity index (χ1v) is 9.41. The maximum atomic E-state index is 12.1. The molecule has 132 valence electrons. The van der Waals surface area contributed by atoms with Crippen LogP contribution in [0, 0.1) is 0 Å². The Hall–Kier alpha value is -2.80. The minimum absolute atomic E-state index is 0.135. The minimum atomic E-state index is -0.135. The molecule has 6 nitrogen and oxygen atoms in total. The molecule has 0 radical (unpaired) electrons. The summed E-state index contributed by atoms with van der Waals surface area (Å²) in [6, 6.07) is 16.3. The molecule has 1 aliphatic rings. The SMILES string of the molecule is O=C(CSc1nc(C2CC2)n(-c2ccccc2)n1)Nc1ccc(O)cc1. The van der Waals surface area contributed by atoms with Crippen LogP contribution in [0.5, 0.6) is 5.75 Å². The third-order valence-electron chi connectivity index (χ3n) is 4.04. The summed E-state index contributed by atoms with van der Waals surface area (Å²) in [5, 5.41) is 17.3. The summed E-state index contributed by atoms with van der Waals surface area (Å²) in [6.07, 6.45) is 2.27. The second kappa shape index (κ2) is 7.21. The summed E-state index contributed by atoms with van der Waals surface area (Å²) >= 11 is 1.32. The van der Waals surface area contributed by atoms with Gasteiger partial charge in [0.05, 0.1) is 11.4 Å². The number of carbonyl (C=O) groups is 1. The van der Waals surface area contributed by atoms with Crippen LogP contribution in [0.1, 0.15) is 24.6 Å². The minimum Gasteiger partial charge on any atom is -0.508 e. The highest BCUT2D eigenvalue weighted by atomic mass is 32.2. The van der Waals surface area contributed by atoms with Crippen LogP contribution in [0.25, 0.3) is 5.69 Å². The fourth-order valence-corrected chi connectivity index (χ4v) is 3.23. The zero-order chi connectivity index (χ0) is 17.9. The normalized spacial score (nSPS) is 13.5. The second-order valence-corrected chi connectivity index (χ2v) is 7.10. The smallest absolute Gasteiger partial charge is 0.234 e. The number of amides is 1. The van der Waals surface area contributed by atoms with Crippen molar-refractivity contribution in [2.45, 2.75) is 23.9 Å². The van der Waals surface area contributed by atoms with E-state index in [1.54, 1.807) is 12.1 Å². The molecule has 1 amide bonds. The number of thioether (sulfide) groups is 1. The number of nitrogens with one attached hydrogen (secondary N) is 1. The van der Waals surface area contributed by atoms with E-state index in [0.29, 0.717) is 16.8 Å². The summed E-state index contributed by atoms with van der Waals surface area (Å²) in [5.74, 6) is 1.69. The van der Waals surface area contributed by atoms with Crippen molar-refractivity contribution in [3.8, 4) is 11.4 Å². The number of carbonyl (C=O) groups excluding carboxylic acids is 1. The summed E-state index contributed by atoms with van der Waals surface area (Å²) < 4.78 is 1.89. The summed E-state index contributed by atoms with van der Waals surface area (Å²) in [4.78, 5) is 16.8. The van der Waals surface area contributed by atoms with E-state index < -0.39 is 0 Å². The molecule has 0 spiro atoms. The average Bonchev–Trinajstić information content (AvgIpc) is 3.42. The van der Waals surface area contributed by atoms with Gasteiger partial charge in [-0.25, -0.2) is 9.67 Å². The first-order chi connectivity index (χ1) is 12.7. The Labute approximate surface area is 155 Å². The monoisotopic (exact) mass is 366 g/mol. The van der Waals surface area contributed by atoms with Gasteiger partial charge >= 0.3 is 0 Å². The van der Waals surface area contributed by atoms with Gasteiger partial charge in [0.1, 0.15) is 11.6 Å². The first kappa shape index (κ1) is 16.7. The molecule has 4 rings (SSSR count). The van der Waals surface area contributed by atoms with Gasteiger partial charge < -0.3 is 10.4 Å². The van der Waals surface area contributed by atoms with Crippen molar-refractivity contribution in [2.24, 2.45) is 0 Å². The molecule has 1 saturated carbocycles. The third kappa shape index (κ3) is 3.88. The number of hydrogen-bond acceptors (Lipinski definition) is 5. The number of aromatic nitrogens is 3. The highest BCUT2D eigenvalue weighted by molar-refractivity contribution is 7.99. The molecule has 1 aromatic heterocycles. The van der Waals surface area contributed by atoms with Crippen LogP contribution in [0.15, 0.2) is 59.8 Å². The molecule has 0 atom stereocenters. The number of aromatic hydroxyl groups is 1. The van der Waals surface area contributed by atoms with Gasteiger partial charge in [0.25, 0.3) is 0 Å². The zero-order valence-electron chi connectivity index (χ0n) is 14.0. The van der Waals surface area contributed by atoms with E-state index in [4.69, 9.17) is 0 Å². The number of anilines is 1. The van der Waals surface area contributed by atoms with Crippen molar-refractivity contribution in [3.63, 3.8) is 0 Å². The maximum absolute atomic E-state index is 12.1. The number of phenolic OH excluding ortho intramolecular Hbond substituents is 1. The van der Waals surface area contributed by atoms with E-state index in [1.807, 2.05) is 35.0 Å². The summed E-state index contributed by atoms with van der Waals surface area (Å²) in [5.41, 5.74) is 1.64. The fourth-order valence-electron chi connectivity index (χ4n) is 2.60. The van der Waals surface area contributed by atoms with Gasteiger partial charge in [-0.05, 0) is 49.2 Å². The van der Waals surface area contributed by atoms with E-state index in [1.165, 1.54) is 23.9 Å². The lowest BCUT2D eigenvalue weighted by molar-refractivity contribution is -0.113. The van der Waals surface area contributed by atoms with Gasteiger partial charge in [0.15, 0.2) is 0 Å². The van der Waals surface area contributed by atoms with Crippen molar-refractivity contribution >= 4 is 23.4 Å². The van der Waals surface area contributed by atoms with Gasteiger partial charge in [0.2, 0.25) is 11.1 Å². The highest BCUT2D eigenvalue weighted by Gasteiger charge is 2.30. The van der Waals surface area contributed by atoms with E-state index in [-0.39, 0.29) is 17.4 Å². The molecule has 2 N–H and O–H groups in total. The Morgan fingerprint density at radius 3 is 2.58 bits per heavy atom. The Bertz CT molecular complexity index is 905. The van der Waals surface area contributed by atoms with Crippen LogP contribution in [0.2, 0.25) is 0 Å². The van der Waals surface area contributed by atoms with Crippen molar-refractivity contribution in [1.82, 2.24) is 14.8 Å². The van der Waals surface area contributed by atoms with Crippen LogP contribution < -0.4 is 5.32 Å². The zero-order valence-corrected chi connectivity index (χ0v) is 14.8. The Morgan fingerprint density at radius 2 is 1.88 bits per heavy atom. The van der Waals surface area contributed by atoms with Crippen molar-refractivity contribution in [1.29, 1.82) is 0 Å². The number of nitrogens with zero attached hydrogens (tertiary/aromatic N) is 3. The quantitative estimate of drug-likeness (QED) is 0.515. The van der Waals surface area contributed by atoms with Crippen LogP contribution in [-0.2, 0) is 4.79 Å². The van der Waals surface area contributed by atoms with Gasteiger partial charge in [-0.15, -0.1) is 5.10 Å². The van der Waals surface area contributed by atoms with Crippen molar-refractivity contribution in [3.05, 3.63) is 60.4 Å².